The standard InChI is InChI=1S/C15H18F3NO/c16-15(17,18)13-8-4-5-11-19(13)14(20)10-9-12-6-2-1-3-7-12/h1-3,6-7,13H,4-5,8-11H2. The highest BCUT2D eigenvalue weighted by Crippen LogP contribution is 2.32. The third kappa shape index (κ3) is 3.74. The van der Waals surface area contributed by atoms with Crippen LogP contribution in [-0.4, -0.2) is 29.6 Å². The first-order valence-electron chi connectivity index (χ1n) is 6.88. The molecule has 1 atom stereocenters. The lowest BCUT2D eigenvalue weighted by atomic mass is 10.0. The van der Waals surface area contributed by atoms with E-state index in [2.05, 4.69) is 0 Å². The molecule has 5 heteroatoms. The number of hydrogen-bond donors (Lipinski definition) is 0. The van der Waals surface area contributed by atoms with Crippen molar-refractivity contribution in [3.05, 3.63) is 35.9 Å². The van der Waals surface area contributed by atoms with Crippen LogP contribution in [0.2, 0.25) is 0 Å². The smallest absolute Gasteiger partial charge is 0.331 e. The minimum atomic E-state index is -4.32. The van der Waals surface area contributed by atoms with Gasteiger partial charge in [-0.05, 0) is 31.2 Å². The summed E-state index contributed by atoms with van der Waals surface area (Å²) in [5.74, 6) is -0.393. The second-order valence-corrected chi connectivity index (χ2v) is 5.13. The van der Waals surface area contributed by atoms with Gasteiger partial charge in [0.1, 0.15) is 6.04 Å². The van der Waals surface area contributed by atoms with E-state index in [9.17, 15) is 18.0 Å². The van der Waals surface area contributed by atoms with Gasteiger partial charge < -0.3 is 4.90 Å². The van der Waals surface area contributed by atoms with E-state index in [1.165, 1.54) is 0 Å². The van der Waals surface area contributed by atoms with Gasteiger partial charge in [0, 0.05) is 13.0 Å². The van der Waals surface area contributed by atoms with Crippen molar-refractivity contribution in [3.63, 3.8) is 0 Å². The van der Waals surface area contributed by atoms with Crippen molar-refractivity contribution < 1.29 is 18.0 Å². The first-order chi connectivity index (χ1) is 9.48. The van der Waals surface area contributed by atoms with Crippen LogP contribution in [-0.2, 0) is 11.2 Å². The predicted octanol–water partition coefficient (Wildman–Crippen LogP) is 3.56. The molecule has 0 bridgehead atoms. The van der Waals surface area contributed by atoms with Gasteiger partial charge in [0.05, 0.1) is 0 Å². The Morgan fingerprint density at radius 1 is 1.20 bits per heavy atom. The summed E-state index contributed by atoms with van der Waals surface area (Å²) in [6, 6.07) is 7.75. The Hall–Kier alpha value is -1.52. The van der Waals surface area contributed by atoms with E-state index in [0.717, 1.165) is 10.5 Å². The summed E-state index contributed by atoms with van der Waals surface area (Å²) in [5, 5.41) is 0. The molecule has 1 aromatic rings. The summed E-state index contributed by atoms with van der Waals surface area (Å²) in [6.07, 6.45) is -2.48. The van der Waals surface area contributed by atoms with Gasteiger partial charge in [-0.2, -0.15) is 13.2 Å². The molecule has 0 saturated carbocycles. The Bertz CT molecular complexity index is 444. The number of aryl methyl sites for hydroxylation is 1. The summed E-state index contributed by atoms with van der Waals surface area (Å²) in [5.41, 5.74) is 0.974. The number of hydrogen-bond acceptors (Lipinski definition) is 1. The molecule has 0 N–H and O–H groups in total. The number of likely N-dealkylation sites (tertiary alicyclic amines) is 1. The van der Waals surface area contributed by atoms with Gasteiger partial charge in [-0.25, -0.2) is 0 Å². The molecule has 0 aliphatic carbocycles. The summed E-state index contributed by atoms with van der Waals surface area (Å²) in [7, 11) is 0. The Labute approximate surface area is 116 Å². The lowest BCUT2D eigenvalue weighted by Gasteiger charge is -2.36. The Balaban J connectivity index is 1.96. The van der Waals surface area contributed by atoms with Crippen molar-refractivity contribution in [2.45, 2.75) is 44.3 Å². The lowest BCUT2D eigenvalue weighted by Crippen LogP contribution is -2.51. The van der Waals surface area contributed by atoms with Crippen LogP contribution >= 0.6 is 0 Å². The monoisotopic (exact) mass is 285 g/mol. The molecule has 0 spiro atoms. The van der Waals surface area contributed by atoms with Gasteiger partial charge in [-0.1, -0.05) is 30.3 Å². The molecule has 110 valence electrons. The minimum Gasteiger partial charge on any atom is -0.331 e. The van der Waals surface area contributed by atoms with Crippen LogP contribution in [0.1, 0.15) is 31.2 Å². The highest BCUT2D eigenvalue weighted by Gasteiger charge is 2.45. The highest BCUT2D eigenvalue weighted by molar-refractivity contribution is 5.77. The number of nitrogens with zero attached hydrogens (tertiary/aromatic N) is 1. The number of carbonyl (C=O) groups excluding carboxylic acids is 1. The van der Waals surface area contributed by atoms with Gasteiger partial charge in [-0.15, -0.1) is 0 Å². The van der Waals surface area contributed by atoms with Gasteiger partial charge in [0.2, 0.25) is 5.91 Å². The molecule has 1 amide bonds. The molecule has 1 aliphatic heterocycles. The Morgan fingerprint density at radius 2 is 1.90 bits per heavy atom. The van der Waals surface area contributed by atoms with Crippen LogP contribution in [0.15, 0.2) is 30.3 Å². The third-order valence-electron chi connectivity index (χ3n) is 3.67. The number of halogens is 3. The fourth-order valence-electron chi connectivity index (χ4n) is 2.61. The zero-order valence-corrected chi connectivity index (χ0v) is 11.2. The molecule has 20 heavy (non-hydrogen) atoms. The number of carbonyl (C=O) groups is 1. The zero-order valence-electron chi connectivity index (χ0n) is 11.2. The maximum absolute atomic E-state index is 12.9. The highest BCUT2D eigenvalue weighted by atomic mass is 19.4. The fraction of sp³-hybridized carbons (Fsp3) is 0.533. The molecule has 1 saturated heterocycles. The molecule has 0 aromatic heterocycles. The molecule has 2 rings (SSSR count). The Morgan fingerprint density at radius 3 is 2.55 bits per heavy atom. The number of rotatable bonds is 3. The quantitative estimate of drug-likeness (QED) is 0.831. The van der Waals surface area contributed by atoms with Crippen molar-refractivity contribution >= 4 is 5.91 Å². The maximum atomic E-state index is 12.9. The van der Waals surface area contributed by atoms with E-state index in [1.54, 1.807) is 0 Å². The van der Waals surface area contributed by atoms with Crippen molar-refractivity contribution in [3.8, 4) is 0 Å². The second-order valence-electron chi connectivity index (χ2n) is 5.13. The molecule has 1 aliphatic rings. The third-order valence-corrected chi connectivity index (χ3v) is 3.67. The van der Waals surface area contributed by atoms with Crippen LogP contribution in [0, 0.1) is 0 Å². The SMILES string of the molecule is O=C(CCc1ccccc1)N1CCCCC1C(F)(F)F. The molecular formula is C15H18F3NO. The summed E-state index contributed by atoms with van der Waals surface area (Å²) < 4.78 is 38.8. The molecule has 1 fully saturated rings. The van der Waals surface area contributed by atoms with E-state index >= 15 is 0 Å². The average molecular weight is 285 g/mol. The van der Waals surface area contributed by atoms with E-state index in [1.807, 2.05) is 30.3 Å². The van der Waals surface area contributed by atoms with Crippen molar-refractivity contribution in [2.24, 2.45) is 0 Å². The van der Waals surface area contributed by atoms with Gasteiger partial charge >= 0.3 is 6.18 Å². The second kappa shape index (κ2) is 6.29. The molecule has 1 heterocycles. The van der Waals surface area contributed by atoms with Gasteiger partial charge in [0.25, 0.3) is 0 Å². The molecule has 0 radical (unpaired) electrons. The number of benzene rings is 1. The van der Waals surface area contributed by atoms with Crippen molar-refractivity contribution in [1.82, 2.24) is 4.90 Å². The average Bonchev–Trinajstić information content (AvgIpc) is 2.45. The molecular weight excluding hydrogens is 267 g/mol. The molecule has 1 unspecified atom stereocenters. The normalized spacial score (nSPS) is 19.9. The number of alkyl halides is 3. The molecule has 1 aromatic carbocycles. The van der Waals surface area contributed by atoms with Gasteiger partial charge in [-0.3, -0.25) is 4.79 Å². The van der Waals surface area contributed by atoms with E-state index < -0.39 is 18.1 Å². The topological polar surface area (TPSA) is 20.3 Å². The van der Waals surface area contributed by atoms with Crippen LogP contribution in [0.5, 0.6) is 0 Å². The number of piperidine rings is 1. The van der Waals surface area contributed by atoms with Crippen LogP contribution < -0.4 is 0 Å². The Kier molecular flexibility index (Phi) is 4.68. The first-order valence-corrected chi connectivity index (χ1v) is 6.88. The zero-order chi connectivity index (χ0) is 14.6. The molecule has 2 nitrogen and oxygen atoms in total. The summed E-state index contributed by atoms with van der Waals surface area (Å²) >= 11 is 0. The van der Waals surface area contributed by atoms with E-state index in [0.29, 0.717) is 19.3 Å². The van der Waals surface area contributed by atoms with Crippen molar-refractivity contribution in [2.75, 3.05) is 6.54 Å². The summed E-state index contributed by atoms with van der Waals surface area (Å²) in [6.45, 7) is 0.220. The number of amides is 1. The summed E-state index contributed by atoms with van der Waals surface area (Å²) in [4.78, 5) is 13.1. The minimum absolute atomic E-state index is 0.0284. The lowest BCUT2D eigenvalue weighted by molar-refractivity contribution is -0.195. The van der Waals surface area contributed by atoms with Crippen LogP contribution in [0.25, 0.3) is 0 Å². The van der Waals surface area contributed by atoms with Crippen LogP contribution in [0.4, 0.5) is 13.2 Å². The van der Waals surface area contributed by atoms with E-state index in [4.69, 9.17) is 0 Å². The fourth-order valence-corrected chi connectivity index (χ4v) is 2.61. The maximum Gasteiger partial charge on any atom is 0.408 e. The predicted molar refractivity (Wildman–Crippen MR) is 70.2 cm³/mol. The van der Waals surface area contributed by atoms with E-state index in [-0.39, 0.29) is 19.4 Å². The van der Waals surface area contributed by atoms with Gasteiger partial charge in [0.15, 0.2) is 0 Å². The largest absolute Gasteiger partial charge is 0.408 e. The van der Waals surface area contributed by atoms with Crippen molar-refractivity contribution in [1.29, 1.82) is 0 Å². The van der Waals surface area contributed by atoms with Crippen LogP contribution in [0.3, 0.4) is 0 Å². The first kappa shape index (κ1) is 14.9.